The minimum Gasteiger partial charge on any atom is -0.389 e. The maximum Gasteiger partial charge on any atom is 0.261 e. The van der Waals surface area contributed by atoms with Gasteiger partial charge in [0.2, 0.25) is 0 Å². The molecular weight excluding hydrogens is 248 g/mol. The summed E-state index contributed by atoms with van der Waals surface area (Å²) in [5.74, 6) is 0. The van der Waals surface area contributed by atoms with Gasteiger partial charge in [0, 0.05) is 5.69 Å². The second-order valence-electron chi connectivity index (χ2n) is 4.81. The van der Waals surface area contributed by atoms with Crippen LogP contribution >= 0.6 is 12.2 Å². The normalized spacial score (nSPS) is 23.2. The third-order valence-electron chi connectivity index (χ3n) is 3.36. The van der Waals surface area contributed by atoms with Crippen molar-refractivity contribution in [1.82, 2.24) is 4.57 Å². The molecule has 2 unspecified atom stereocenters. The monoisotopic (exact) mass is 266 g/mol. The fourth-order valence-corrected chi connectivity index (χ4v) is 2.46. The Bertz CT molecular complexity index is 524. The maximum absolute atomic E-state index is 12.2. The summed E-state index contributed by atoms with van der Waals surface area (Å²) in [5, 5.41) is 0. The lowest BCUT2D eigenvalue weighted by Gasteiger charge is -2.16. The number of ether oxygens (including phenoxy) is 1. The summed E-state index contributed by atoms with van der Waals surface area (Å²) >= 11 is 4.89. The van der Waals surface area contributed by atoms with Crippen molar-refractivity contribution in [2.75, 3.05) is 0 Å². The topological polar surface area (TPSA) is 57.2 Å². The molecule has 18 heavy (non-hydrogen) atoms. The van der Waals surface area contributed by atoms with Crippen LogP contribution < -0.4 is 11.3 Å². The summed E-state index contributed by atoms with van der Waals surface area (Å²) in [6, 6.07) is 3.56. The van der Waals surface area contributed by atoms with Crippen molar-refractivity contribution < 1.29 is 4.74 Å². The number of aromatic nitrogens is 1. The van der Waals surface area contributed by atoms with Crippen LogP contribution in [0.3, 0.4) is 0 Å². The standard InChI is InChI=1S/C13H18N2O2S/c1-8-3-6-11(12(14)18)13(16)15(8)7-10-5-4-9(2)17-10/h3,6,9-10H,4-5,7H2,1-2H3,(H2,14,18). The number of thiocarbonyl (C=S) groups is 1. The molecule has 1 aromatic rings. The predicted octanol–water partition coefficient (Wildman–Crippen LogP) is 1.36. The predicted molar refractivity (Wildman–Crippen MR) is 74.9 cm³/mol. The lowest BCUT2D eigenvalue weighted by molar-refractivity contribution is 0.0448. The molecule has 1 fully saturated rings. The van der Waals surface area contributed by atoms with Gasteiger partial charge in [-0.15, -0.1) is 0 Å². The Morgan fingerprint density at radius 1 is 1.56 bits per heavy atom. The number of hydrogen-bond acceptors (Lipinski definition) is 3. The average Bonchev–Trinajstić information content (AvgIpc) is 2.69. The summed E-state index contributed by atoms with van der Waals surface area (Å²) < 4.78 is 7.46. The average molecular weight is 266 g/mol. The Balaban J connectivity index is 2.29. The quantitative estimate of drug-likeness (QED) is 0.839. The number of nitrogens with two attached hydrogens (primary N) is 1. The summed E-state index contributed by atoms with van der Waals surface area (Å²) in [5.41, 5.74) is 6.74. The van der Waals surface area contributed by atoms with E-state index in [1.165, 1.54) is 0 Å². The first-order valence-corrected chi connectivity index (χ1v) is 6.55. The number of hydrogen-bond donors (Lipinski definition) is 1. The van der Waals surface area contributed by atoms with Crippen LogP contribution in [0.1, 0.15) is 31.0 Å². The van der Waals surface area contributed by atoms with Gasteiger partial charge in [0.25, 0.3) is 5.56 Å². The Labute approximate surface area is 112 Å². The molecular formula is C13H18N2O2S. The van der Waals surface area contributed by atoms with Crippen LogP contribution in [-0.4, -0.2) is 21.8 Å². The fraction of sp³-hybridized carbons (Fsp3) is 0.538. The Morgan fingerprint density at radius 3 is 2.83 bits per heavy atom. The minimum absolute atomic E-state index is 0.109. The van der Waals surface area contributed by atoms with Crippen LogP contribution in [-0.2, 0) is 11.3 Å². The molecule has 2 atom stereocenters. The first-order valence-electron chi connectivity index (χ1n) is 6.14. The molecule has 0 bridgehead atoms. The molecule has 2 rings (SSSR count). The van der Waals surface area contributed by atoms with Crippen molar-refractivity contribution >= 4 is 17.2 Å². The zero-order chi connectivity index (χ0) is 13.3. The van der Waals surface area contributed by atoms with Crippen LogP contribution in [0, 0.1) is 6.92 Å². The van der Waals surface area contributed by atoms with Crippen LogP contribution in [0.2, 0.25) is 0 Å². The van der Waals surface area contributed by atoms with Gasteiger partial charge in [-0.1, -0.05) is 12.2 Å². The molecule has 1 aromatic heterocycles. The molecule has 1 aliphatic heterocycles. The molecule has 98 valence electrons. The number of aryl methyl sites for hydroxylation is 1. The van der Waals surface area contributed by atoms with Gasteiger partial charge >= 0.3 is 0 Å². The third-order valence-corrected chi connectivity index (χ3v) is 3.58. The molecule has 1 saturated heterocycles. The lowest BCUT2D eigenvalue weighted by atomic mass is 10.2. The summed E-state index contributed by atoms with van der Waals surface area (Å²) in [4.78, 5) is 12.4. The Hall–Kier alpha value is -1.20. The molecule has 2 heterocycles. The van der Waals surface area contributed by atoms with Gasteiger partial charge in [0.05, 0.1) is 24.3 Å². The SMILES string of the molecule is Cc1ccc(C(N)=S)c(=O)n1CC1CCC(C)O1. The molecule has 5 heteroatoms. The maximum atomic E-state index is 12.2. The van der Waals surface area contributed by atoms with Gasteiger partial charge in [-0.05, 0) is 38.8 Å². The Kier molecular flexibility index (Phi) is 3.82. The molecule has 0 spiro atoms. The van der Waals surface area contributed by atoms with E-state index in [2.05, 4.69) is 6.92 Å². The minimum atomic E-state index is -0.120. The molecule has 0 radical (unpaired) electrons. The van der Waals surface area contributed by atoms with Crippen LogP contribution in [0.5, 0.6) is 0 Å². The van der Waals surface area contributed by atoms with Crippen molar-refractivity contribution in [1.29, 1.82) is 0 Å². The highest BCUT2D eigenvalue weighted by atomic mass is 32.1. The van der Waals surface area contributed by atoms with E-state index in [1.54, 1.807) is 10.6 Å². The van der Waals surface area contributed by atoms with Crippen molar-refractivity contribution in [2.24, 2.45) is 5.73 Å². The second-order valence-corrected chi connectivity index (χ2v) is 5.25. The van der Waals surface area contributed by atoms with E-state index in [9.17, 15) is 4.79 Å². The molecule has 0 saturated carbocycles. The zero-order valence-corrected chi connectivity index (χ0v) is 11.5. The van der Waals surface area contributed by atoms with Gasteiger partial charge in [-0.25, -0.2) is 0 Å². The summed E-state index contributed by atoms with van der Waals surface area (Å²) in [6.45, 7) is 4.54. The van der Waals surface area contributed by atoms with Crippen LogP contribution in [0.15, 0.2) is 16.9 Å². The first-order chi connectivity index (χ1) is 8.49. The fourth-order valence-electron chi connectivity index (χ4n) is 2.31. The van der Waals surface area contributed by atoms with E-state index in [1.807, 2.05) is 13.0 Å². The highest BCUT2D eigenvalue weighted by Crippen LogP contribution is 2.20. The molecule has 1 aliphatic rings. The lowest BCUT2D eigenvalue weighted by Crippen LogP contribution is -2.33. The van der Waals surface area contributed by atoms with Crippen molar-refractivity contribution in [3.05, 3.63) is 33.7 Å². The van der Waals surface area contributed by atoms with E-state index in [4.69, 9.17) is 22.7 Å². The molecule has 2 N–H and O–H groups in total. The smallest absolute Gasteiger partial charge is 0.261 e. The van der Waals surface area contributed by atoms with Gasteiger partial charge in [-0.3, -0.25) is 4.79 Å². The highest BCUT2D eigenvalue weighted by molar-refractivity contribution is 7.80. The van der Waals surface area contributed by atoms with Gasteiger partial charge < -0.3 is 15.0 Å². The first kappa shape index (κ1) is 13.2. The molecule has 0 aliphatic carbocycles. The van der Waals surface area contributed by atoms with E-state index in [0.29, 0.717) is 12.1 Å². The summed E-state index contributed by atoms with van der Waals surface area (Å²) in [7, 11) is 0. The molecule has 0 amide bonds. The van der Waals surface area contributed by atoms with Gasteiger partial charge in [0.15, 0.2) is 0 Å². The number of nitrogens with zero attached hydrogens (tertiary/aromatic N) is 1. The van der Waals surface area contributed by atoms with Crippen molar-refractivity contribution in [2.45, 2.75) is 45.4 Å². The second kappa shape index (κ2) is 5.20. The Morgan fingerprint density at radius 2 is 2.28 bits per heavy atom. The zero-order valence-electron chi connectivity index (χ0n) is 10.7. The van der Waals surface area contributed by atoms with Gasteiger partial charge in [0.1, 0.15) is 4.99 Å². The molecule has 0 aromatic carbocycles. The number of pyridine rings is 1. The van der Waals surface area contributed by atoms with Crippen LogP contribution in [0.4, 0.5) is 0 Å². The highest BCUT2D eigenvalue weighted by Gasteiger charge is 2.23. The molecule has 4 nitrogen and oxygen atoms in total. The van der Waals surface area contributed by atoms with Crippen molar-refractivity contribution in [3.8, 4) is 0 Å². The van der Waals surface area contributed by atoms with Crippen LogP contribution in [0.25, 0.3) is 0 Å². The van der Waals surface area contributed by atoms with E-state index in [0.717, 1.165) is 18.5 Å². The summed E-state index contributed by atoms with van der Waals surface area (Å²) in [6.07, 6.45) is 2.43. The van der Waals surface area contributed by atoms with Crippen molar-refractivity contribution in [3.63, 3.8) is 0 Å². The third kappa shape index (κ3) is 2.62. The van der Waals surface area contributed by atoms with Gasteiger partial charge in [-0.2, -0.15) is 0 Å². The largest absolute Gasteiger partial charge is 0.389 e. The van der Waals surface area contributed by atoms with E-state index < -0.39 is 0 Å². The van der Waals surface area contributed by atoms with E-state index >= 15 is 0 Å². The number of rotatable bonds is 3. The van der Waals surface area contributed by atoms with E-state index in [-0.39, 0.29) is 22.8 Å².